The van der Waals surface area contributed by atoms with Crippen LogP contribution in [0.5, 0.6) is 0 Å². The lowest BCUT2D eigenvalue weighted by Gasteiger charge is -2.39. The highest BCUT2D eigenvalue weighted by Gasteiger charge is 2.23. The third-order valence-electron chi connectivity index (χ3n) is 8.75. The van der Waals surface area contributed by atoms with Gasteiger partial charge in [0.25, 0.3) is 5.56 Å². The van der Waals surface area contributed by atoms with Crippen molar-refractivity contribution >= 4 is 28.3 Å². The van der Waals surface area contributed by atoms with E-state index in [1.807, 2.05) is 71.3 Å². The number of aryl methyl sites for hydroxylation is 1. The lowest BCUT2D eigenvalue weighted by Crippen LogP contribution is -2.44. The third-order valence-corrected chi connectivity index (χ3v) is 8.75. The van der Waals surface area contributed by atoms with Crippen LogP contribution in [-0.2, 0) is 17.8 Å². The molecule has 0 unspecified atom stereocenters. The van der Waals surface area contributed by atoms with Crippen molar-refractivity contribution in [3.8, 4) is 11.1 Å². The number of amidine groups is 1. The molecule has 1 amide bonds. The largest absolute Gasteiger partial charge is 0.384 e. The Bertz CT molecular complexity index is 1640. The Hall–Kier alpha value is -4.23. The van der Waals surface area contributed by atoms with Crippen LogP contribution in [0.25, 0.3) is 22.0 Å². The molecule has 1 aromatic heterocycles. The smallest absolute Gasteiger partial charge is 0.258 e. The second kappa shape index (κ2) is 13.8. The Morgan fingerprint density at radius 1 is 0.907 bits per heavy atom. The van der Waals surface area contributed by atoms with Gasteiger partial charge in [0.05, 0.1) is 11.9 Å². The number of aromatic nitrogens is 1. The van der Waals surface area contributed by atoms with Crippen molar-refractivity contribution in [3.05, 3.63) is 100 Å². The van der Waals surface area contributed by atoms with Gasteiger partial charge in [-0.2, -0.15) is 0 Å². The normalized spacial score (nSPS) is 17.2. The standard InChI is InChI=1S/C36H43N5O2/c1-25-11-9-12-26(2)40(25)19-7-4-8-20-41-33-24-31(39-34(42)21-27-13-5-3-6-14-27)18-17-29(33)23-32(36(41)43)28-15-10-16-30(22-28)35(37)38/h3,5-6,10,13-18,22-26H,4,7-9,11-12,19-21H2,1-2H3,(H3,37,38)(H,39,42)/t25-,26+. The van der Waals surface area contributed by atoms with Crippen molar-refractivity contribution in [3.63, 3.8) is 0 Å². The number of carbonyl (C=O) groups is 1. The van der Waals surface area contributed by atoms with Gasteiger partial charge in [0, 0.05) is 35.4 Å². The summed E-state index contributed by atoms with van der Waals surface area (Å²) in [5.74, 6) is -0.130. The highest BCUT2D eigenvalue weighted by Crippen LogP contribution is 2.26. The van der Waals surface area contributed by atoms with E-state index in [-0.39, 0.29) is 23.7 Å². The van der Waals surface area contributed by atoms with Crippen molar-refractivity contribution in [1.82, 2.24) is 9.47 Å². The molecule has 0 saturated carbocycles. The van der Waals surface area contributed by atoms with Crippen molar-refractivity contribution < 1.29 is 4.79 Å². The molecule has 4 N–H and O–H groups in total. The predicted molar refractivity (Wildman–Crippen MR) is 177 cm³/mol. The summed E-state index contributed by atoms with van der Waals surface area (Å²) < 4.78 is 1.85. The number of hydrogen-bond acceptors (Lipinski definition) is 4. The quantitative estimate of drug-likeness (QED) is 0.107. The number of rotatable bonds is 11. The van der Waals surface area contributed by atoms with E-state index in [4.69, 9.17) is 11.1 Å². The minimum atomic E-state index is -0.0988. The van der Waals surface area contributed by atoms with Gasteiger partial charge >= 0.3 is 0 Å². The number of hydrogen-bond donors (Lipinski definition) is 3. The number of amides is 1. The Balaban J connectivity index is 1.40. The van der Waals surface area contributed by atoms with Crippen molar-refractivity contribution in [1.29, 1.82) is 5.41 Å². The van der Waals surface area contributed by atoms with E-state index in [0.29, 0.717) is 35.4 Å². The fourth-order valence-corrected chi connectivity index (χ4v) is 6.38. The van der Waals surface area contributed by atoms with Gasteiger partial charge in [0.2, 0.25) is 5.91 Å². The van der Waals surface area contributed by atoms with Crippen LogP contribution in [0, 0.1) is 5.41 Å². The number of nitrogens with one attached hydrogen (secondary N) is 2. The van der Waals surface area contributed by atoms with Crippen LogP contribution in [0.1, 0.15) is 63.5 Å². The average molecular weight is 578 g/mol. The zero-order valence-electron chi connectivity index (χ0n) is 25.3. The van der Waals surface area contributed by atoms with E-state index in [9.17, 15) is 9.59 Å². The molecule has 1 saturated heterocycles. The molecule has 224 valence electrons. The zero-order valence-corrected chi connectivity index (χ0v) is 25.3. The predicted octanol–water partition coefficient (Wildman–Crippen LogP) is 6.57. The average Bonchev–Trinajstić information content (AvgIpc) is 2.99. The Kier molecular flexibility index (Phi) is 9.72. The summed E-state index contributed by atoms with van der Waals surface area (Å²) in [4.78, 5) is 29.5. The zero-order chi connectivity index (χ0) is 30.3. The van der Waals surface area contributed by atoms with Crippen molar-refractivity contribution in [2.45, 2.75) is 77.4 Å². The van der Waals surface area contributed by atoms with E-state index in [2.05, 4.69) is 24.1 Å². The highest BCUT2D eigenvalue weighted by molar-refractivity contribution is 5.97. The molecule has 2 atom stereocenters. The van der Waals surface area contributed by atoms with Crippen LogP contribution in [-0.4, -0.2) is 39.8 Å². The van der Waals surface area contributed by atoms with Gasteiger partial charge in [0.15, 0.2) is 0 Å². The molecular weight excluding hydrogens is 534 g/mol. The molecule has 0 spiro atoms. The lowest BCUT2D eigenvalue weighted by atomic mass is 9.97. The first-order valence-electron chi connectivity index (χ1n) is 15.5. The van der Waals surface area contributed by atoms with Gasteiger partial charge in [-0.3, -0.25) is 19.9 Å². The highest BCUT2D eigenvalue weighted by atomic mass is 16.1. The molecule has 0 bridgehead atoms. The van der Waals surface area contributed by atoms with E-state index in [1.54, 1.807) is 12.1 Å². The van der Waals surface area contributed by atoms with Gasteiger partial charge in [-0.05, 0) is 86.9 Å². The third kappa shape index (κ3) is 7.41. The monoisotopic (exact) mass is 577 g/mol. The van der Waals surface area contributed by atoms with E-state index in [1.165, 1.54) is 19.3 Å². The van der Waals surface area contributed by atoms with Crippen molar-refractivity contribution in [2.75, 3.05) is 11.9 Å². The molecule has 1 aliphatic heterocycles. The maximum atomic E-state index is 14.0. The van der Waals surface area contributed by atoms with Crippen LogP contribution >= 0.6 is 0 Å². The summed E-state index contributed by atoms with van der Waals surface area (Å²) in [5.41, 5.74) is 9.98. The number of nitrogens with two attached hydrogens (primary N) is 1. The number of fused-ring (bicyclic) bond motifs is 1. The fraction of sp³-hybridized carbons (Fsp3) is 0.361. The molecule has 43 heavy (non-hydrogen) atoms. The first kappa shape index (κ1) is 30.2. The molecule has 1 aliphatic rings. The molecule has 1 fully saturated rings. The number of pyridine rings is 1. The summed E-state index contributed by atoms with van der Waals surface area (Å²) in [6.45, 7) is 6.35. The minimum Gasteiger partial charge on any atom is -0.384 e. The first-order valence-corrected chi connectivity index (χ1v) is 15.5. The SMILES string of the molecule is C[C@@H]1CCC[C@H](C)N1CCCCCn1c(=O)c(-c2cccc(C(=N)N)c2)cc2ccc(NC(=O)Cc3ccccc3)cc21. The van der Waals surface area contributed by atoms with E-state index < -0.39 is 0 Å². The molecule has 7 nitrogen and oxygen atoms in total. The molecule has 7 heteroatoms. The number of nitrogen functional groups attached to an aromatic ring is 1. The van der Waals surface area contributed by atoms with Gasteiger partial charge in [-0.15, -0.1) is 0 Å². The van der Waals surface area contributed by atoms with Crippen molar-refractivity contribution in [2.24, 2.45) is 5.73 Å². The van der Waals surface area contributed by atoms with Crippen LogP contribution in [0.15, 0.2) is 83.7 Å². The number of likely N-dealkylation sites (tertiary alicyclic amines) is 1. The van der Waals surface area contributed by atoms with Gasteiger partial charge in [0.1, 0.15) is 5.84 Å². The minimum absolute atomic E-state index is 0.0313. The summed E-state index contributed by atoms with van der Waals surface area (Å²) >= 11 is 0. The van der Waals surface area contributed by atoms with Crippen LogP contribution in [0.2, 0.25) is 0 Å². The molecular formula is C36H43N5O2. The number of unbranched alkanes of at least 4 members (excludes halogenated alkanes) is 2. The number of carbonyl (C=O) groups excluding carboxylic acids is 1. The maximum Gasteiger partial charge on any atom is 0.258 e. The number of piperidine rings is 1. The second-order valence-electron chi connectivity index (χ2n) is 11.9. The summed E-state index contributed by atoms with van der Waals surface area (Å²) in [7, 11) is 0. The molecule has 5 rings (SSSR count). The summed E-state index contributed by atoms with van der Waals surface area (Å²) in [5, 5.41) is 11.8. The van der Waals surface area contributed by atoms with Gasteiger partial charge < -0.3 is 15.6 Å². The second-order valence-corrected chi connectivity index (χ2v) is 11.9. The molecule has 0 radical (unpaired) electrons. The molecule has 3 aromatic carbocycles. The topological polar surface area (TPSA) is 104 Å². The fourth-order valence-electron chi connectivity index (χ4n) is 6.38. The first-order chi connectivity index (χ1) is 20.8. The van der Waals surface area contributed by atoms with Crippen LogP contribution < -0.4 is 16.6 Å². The van der Waals surface area contributed by atoms with E-state index in [0.717, 1.165) is 47.8 Å². The van der Waals surface area contributed by atoms with Crippen LogP contribution in [0.4, 0.5) is 5.69 Å². The summed E-state index contributed by atoms with van der Waals surface area (Å²) in [6.07, 6.45) is 7.15. The number of nitrogens with zero attached hydrogens (tertiary/aromatic N) is 2. The van der Waals surface area contributed by atoms with Gasteiger partial charge in [-0.25, -0.2) is 0 Å². The molecule has 2 heterocycles. The summed E-state index contributed by atoms with van der Waals surface area (Å²) in [6, 6.07) is 25.9. The van der Waals surface area contributed by atoms with Gasteiger partial charge in [-0.1, -0.05) is 67.4 Å². The number of anilines is 1. The van der Waals surface area contributed by atoms with E-state index >= 15 is 0 Å². The van der Waals surface area contributed by atoms with Crippen LogP contribution in [0.3, 0.4) is 0 Å². The Labute approximate surface area is 254 Å². The number of benzene rings is 3. The maximum absolute atomic E-state index is 14.0. The Morgan fingerprint density at radius 3 is 2.40 bits per heavy atom. The molecule has 4 aromatic rings. The lowest BCUT2D eigenvalue weighted by molar-refractivity contribution is -0.115. The Morgan fingerprint density at radius 2 is 1.65 bits per heavy atom. The molecule has 0 aliphatic carbocycles.